The molecule has 0 unspecified atom stereocenters. The zero-order valence-corrected chi connectivity index (χ0v) is 29.7. The molecular formula is C43H41N3O6. The van der Waals surface area contributed by atoms with Crippen molar-refractivity contribution in [1.29, 1.82) is 0 Å². The number of aliphatic hydroxyl groups is 1. The summed E-state index contributed by atoms with van der Waals surface area (Å²) in [6.07, 6.45) is -1.40. The molecule has 5 aromatic carbocycles. The third-order valence-electron chi connectivity index (χ3n) is 10.6. The summed E-state index contributed by atoms with van der Waals surface area (Å²) in [4.78, 5) is 47.7. The van der Waals surface area contributed by atoms with Crippen molar-refractivity contribution in [3.63, 3.8) is 0 Å². The molecule has 9 heteroatoms. The SMILES string of the molecule is COc1ccc([C@@]2(O)C(=O)N(c3ccccc3)[C@H](C(=O)Nc3cccc(C)c3C)[C@@]23C(=O)c2cc(C)ccc2O[C@@H]3N[C@@H](C)c2ccccc2)cc1. The molecule has 5 atom stereocenters. The van der Waals surface area contributed by atoms with Gasteiger partial charge in [-0.2, -0.15) is 0 Å². The number of anilines is 2. The van der Waals surface area contributed by atoms with Crippen LogP contribution in [0.3, 0.4) is 0 Å². The van der Waals surface area contributed by atoms with Crippen molar-refractivity contribution in [3.8, 4) is 11.5 Å². The summed E-state index contributed by atoms with van der Waals surface area (Å²) in [5.41, 5.74) is -0.407. The van der Waals surface area contributed by atoms with Crippen LogP contribution < -0.4 is 25.0 Å². The van der Waals surface area contributed by atoms with Crippen molar-refractivity contribution in [2.24, 2.45) is 5.41 Å². The summed E-state index contributed by atoms with van der Waals surface area (Å²) in [6, 6.07) is 33.3. The lowest BCUT2D eigenvalue weighted by Gasteiger charge is -2.49. The number of carbonyl (C=O) groups excluding carboxylic acids is 3. The molecule has 0 bridgehead atoms. The summed E-state index contributed by atoms with van der Waals surface area (Å²) >= 11 is 0. The Labute approximate surface area is 303 Å². The van der Waals surface area contributed by atoms with E-state index in [1.54, 1.807) is 72.8 Å². The normalized spacial score (nSPS) is 22.8. The number of hydrogen-bond donors (Lipinski definition) is 3. The van der Waals surface area contributed by atoms with Crippen LogP contribution in [-0.4, -0.2) is 42.1 Å². The van der Waals surface area contributed by atoms with Crippen LogP contribution in [0.4, 0.5) is 11.4 Å². The molecule has 1 spiro atoms. The molecule has 1 saturated heterocycles. The molecule has 0 aliphatic carbocycles. The monoisotopic (exact) mass is 695 g/mol. The predicted octanol–water partition coefficient (Wildman–Crippen LogP) is 6.80. The van der Waals surface area contributed by atoms with E-state index in [0.717, 1.165) is 22.3 Å². The first-order chi connectivity index (χ1) is 25.0. The molecule has 0 aromatic heterocycles. The van der Waals surface area contributed by atoms with Gasteiger partial charge in [-0.15, -0.1) is 0 Å². The van der Waals surface area contributed by atoms with Crippen LogP contribution in [0, 0.1) is 26.2 Å². The standard InChI is InChI=1S/C43H41N3O6/c1-26-19-24-36-34(25-26)38(47)42(40(52-36)44-29(4)30-14-8-6-9-15-30)37(39(48)45-35-18-12-13-27(2)28(35)3)46(32-16-10-7-11-17-32)41(49)43(42,50)31-20-22-33(51-5)23-21-31/h6-25,29,37,40,44,50H,1-5H3,(H,45,48)/t29-,37+,40-,42-,43+/m0/s1. The third-order valence-corrected chi connectivity index (χ3v) is 10.6. The summed E-state index contributed by atoms with van der Waals surface area (Å²) in [5.74, 6) is -1.37. The van der Waals surface area contributed by atoms with Gasteiger partial charge in [-0.1, -0.05) is 84.4 Å². The van der Waals surface area contributed by atoms with E-state index in [2.05, 4.69) is 10.6 Å². The summed E-state index contributed by atoms with van der Waals surface area (Å²) in [7, 11) is 1.51. The Hall–Kier alpha value is -5.77. The van der Waals surface area contributed by atoms with Gasteiger partial charge in [0.1, 0.15) is 17.5 Å². The van der Waals surface area contributed by atoms with E-state index in [4.69, 9.17) is 9.47 Å². The number of rotatable bonds is 8. The molecule has 2 aliphatic rings. The number of methoxy groups -OCH3 is 1. The topological polar surface area (TPSA) is 117 Å². The van der Waals surface area contributed by atoms with Gasteiger partial charge in [-0.25, -0.2) is 0 Å². The number of fused-ring (bicyclic) bond motifs is 1. The Morgan fingerprint density at radius 3 is 2.21 bits per heavy atom. The maximum absolute atomic E-state index is 15.8. The van der Waals surface area contributed by atoms with Crippen molar-refractivity contribution in [2.75, 3.05) is 17.3 Å². The number of carbonyl (C=O) groups is 3. The minimum Gasteiger partial charge on any atom is -0.497 e. The number of ketones is 1. The maximum atomic E-state index is 15.8. The van der Waals surface area contributed by atoms with Crippen LogP contribution in [0.25, 0.3) is 0 Å². The van der Waals surface area contributed by atoms with Crippen molar-refractivity contribution in [1.82, 2.24) is 5.32 Å². The first-order valence-electron chi connectivity index (χ1n) is 17.3. The maximum Gasteiger partial charge on any atom is 0.265 e. The average Bonchev–Trinajstić information content (AvgIpc) is 3.37. The highest BCUT2D eigenvalue weighted by Gasteiger charge is 2.80. The molecule has 2 heterocycles. The molecule has 9 nitrogen and oxygen atoms in total. The first-order valence-corrected chi connectivity index (χ1v) is 17.3. The lowest BCUT2D eigenvalue weighted by molar-refractivity contribution is -0.156. The number of amides is 2. The molecule has 1 fully saturated rings. The molecule has 5 aromatic rings. The molecule has 52 heavy (non-hydrogen) atoms. The summed E-state index contributed by atoms with van der Waals surface area (Å²) in [5, 5.41) is 20.1. The Morgan fingerprint density at radius 2 is 1.54 bits per heavy atom. The Balaban J connectivity index is 1.55. The third kappa shape index (κ3) is 5.36. The largest absolute Gasteiger partial charge is 0.497 e. The van der Waals surface area contributed by atoms with Gasteiger partial charge in [0, 0.05) is 17.4 Å². The van der Waals surface area contributed by atoms with Gasteiger partial charge in [0.2, 0.25) is 5.91 Å². The van der Waals surface area contributed by atoms with Gasteiger partial charge in [0.15, 0.2) is 23.0 Å². The van der Waals surface area contributed by atoms with Crippen LogP contribution in [0.1, 0.15) is 51.1 Å². The Kier molecular flexibility index (Phi) is 8.94. The van der Waals surface area contributed by atoms with E-state index in [-0.39, 0.29) is 16.9 Å². The number of aryl methyl sites for hydroxylation is 2. The number of nitrogens with one attached hydrogen (secondary N) is 2. The summed E-state index contributed by atoms with van der Waals surface area (Å²) in [6.45, 7) is 7.58. The highest BCUT2D eigenvalue weighted by Crippen LogP contribution is 2.59. The molecule has 7 rings (SSSR count). The minimum atomic E-state index is -2.63. The van der Waals surface area contributed by atoms with E-state index in [9.17, 15) is 5.11 Å². The number of Topliss-reactive ketones (excluding diaryl/α,β-unsaturated/α-hetero) is 1. The van der Waals surface area contributed by atoms with Gasteiger partial charge in [0.05, 0.1) is 12.7 Å². The van der Waals surface area contributed by atoms with Crippen LogP contribution in [0.15, 0.2) is 121 Å². The van der Waals surface area contributed by atoms with E-state index < -0.39 is 46.9 Å². The molecule has 2 aliphatic heterocycles. The summed E-state index contributed by atoms with van der Waals surface area (Å²) < 4.78 is 12.2. The van der Waals surface area contributed by atoms with E-state index in [1.807, 2.05) is 76.2 Å². The Morgan fingerprint density at radius 1 is 0.865 bits per heavy atom. The van der Waals surface area contributed by atoms with E-state index >= 15 is 14.4 Å². The first kappa shape index (κ1) is 34.7. The average molecular weight is 696 g/mol. The molecule has 264 valence electrons. The molecule has 0 saturated carbocycles. The van der Waals surface area contributed by atoms with Crippen LogP contribution >= 0.6 is 0 Å². The van der Waals surface area contributed by atoms with Gasteiger partial charge in [-0.05, 0) is 92.4 Å². The fourth-order valence-electron chi connectivity index (χ4n) is 7.67. The van der Waals surface area contributed by atoms with Gasteiger partial charge >= 0.3 is 0 Å². The molecule has 0 radical (unpaired) electrons. The predicted molar refractivity (Wildman–Crippen MR) is 200 cm³/mol. The number of benzene rings is 5. The van der Waals surface area contributed by atoms with Gasteiger partial charge in [-0.3, -0.25) is 24.6 Å². The highest BCUT2D eigenvalue weighted by atomic mass is 16.5. The van der Waals surface area contributed by atoms with Crippen molar-refractivity contribution >= 4 is 29.0 Å². The number of ether oxygens (including phenoxy) is 2. The molecule has 3 N–H and O–H groups in total. The van der Waals surface area contributed by atoms with Gasteiger partial charge < -0.3 is 19.9 Å². The van der Waals surface area contributed by atoms with Crippen molar-refractivity contribution < 1.29 is 29.0 Å². The number of nitrogens with zero attached hydrogens (tertiary/aromatic N) is 1. The second-order valence-electron chi connectivity index (χ2n) is 13.6. The van der Waals surface area contributed by atoms with Crippen LogP contribution in [-0.2, 0) is 15.2 Å². The molecule has 2 amide bonds. The van der Waals surface area contributed by atoms with Crippen molar-refractivity contribution in [3.05, 3.63) is 155 Å². The Bertz CT molecular complexity index is 2160. The zero-order chi connectivity index (χ0) is 36.8. The second-order valence-corrected chi connectivity index (χ2v) is 13.6. The number of para-hydroxylation sites is 1. The minimum absolute atomic E-state index is 0.105. The smallest absolute Gasteiger partial charge is 0.265 e. The van der Waals surface area contributed by atoms with E-state index in [0.29, 0.717) is 17.1 Å². The fourth-order valence-corrected chi connectivity index (χ4v) is 7.67. The van der Waals surface area contributed by atoms with Crippen molar-refractivity contribution in [2.45, 2.75) is 51.6 Å². The van der Waals surface area contributed by atoms with Crippen LogP contribution in [0.2, 0.25) is 0 Å². The van der Waals surface area contributed by atoms with Gasteiger partial charge in [0.25, 0.3) is 5.91 Å². The van der Waals surface area contributed by atoms with Crippen LogP contribution in [0.5, 0.6) is 11.5 Å². The highest BCUT2D eigenvalue weighted by molar-refractivity contribution is 6.22. The molecular weight excluding hydrogens is 654 g/mol. The number of hydrogen-bond acceptors (Lipinski definition) is 7. The zero-order valence-electron chi connectivity index (χ0n) is 29.7. The van der Waals surface area contributed by atoms with E-state index in [1.165, 1.54) is 12.0 Å². The lowest BCUT2D eigenvalue weighted by atomic mass is 9.60. The quantitative estimate of drug-likeness (QED) is 0.164. The fraction of sp³-hybridized carbons (Fsp3) is 0.233. The second kappa shape index (κ2) is 13.4. The lowest BCUT2D eigenvalue weighted by Crippen LogP contribution is -2.70.